The maximum absolute atomic E-state index is 2.38. The molecule has 0 aromatic carbocycles. The minimum atomic E-state index is 0. The first-order valence-corrected chi connectivity index (χ1v) is 10.1. The van der Waals surface area contributed by atoms with Crippen LogP contribution in [-0.4, -0.2) is 40.0 Å². The molecule has 0 rings (SSSR count). The van der Waals surface area contributed by atoms with E-state index in [0.29, 0.717) is 0 Å². The van der Waals surface area contributed by atoms with Crippen molar-refractivity contribution in [3.8, 4) is 0 Å². The molecule has 0 heterocycles. The van der Waals surface area contributed by atoms with Gasteiger partial charge in [0.05, 0.1) is 0 Å². The van der Waals surface area contributed by atoms with E-state index in [0.717, 1.165) is 0 Å². The van der Waals surface area contributed by atoms with Crippen LogP contribution in [-0.2, 0) is 0 Å². The predicted molar refractivity (Wildman–Crippen MR) is 59.5 cm³/mol. The van der Waals surface area contributed by atoms with Crippen LogP contribution in [0.3, 0.4) is 0 Å². The topological polar surface area (TPSA) is 0 Å². The summed E-state index contributed by atoms with van der Waals surface area (Å²) in [5.41, 5.74) is 0. The monoisotopic (exact) mass is 202 g/mol. The number of hydrogen-bond donors (Lipinski definition) is 0. The average molecular weight is 202 g/mol. The van der Waals surface area contributed by atoms with Crippen LogP contribution in [0.5, 0.6) is 0 Å². The van der Waals surface area contributed by atoms with Gasteiger partial charge in [-0.25, -0.2) is 5.14 Å². The van der Waals surface area contributed by atoms with Crippen LogP contribution in [0.4, 0.5) is 0 Å². The fourth-order valence-electron chi connectivity index (χ4n) is 1.20. The molecule has 0 nitrogen and oxygen atoms in total. The third-order valence-corrected chi connectivity index (χ3v) is 10.8. The van der Waals surface area contributed by atoms with Crippen molar-refractivity contribution in [2.24, 2.45) is 0 Å². The Balaban J connectivity index is 0. The molecule has 0 aliphatic heterocycles. The van der Waals surface area contributed by atoms with E-state index < -0.39 is 0 Å². The fraction of sp³-hybridized carbons (Fsp3) is 0.857. The Labute approximate surface area is 87.7 Å². The van der Waals surface area contributed by atoms with E-state index in [1.54, 1.807) is 0 Å². The van der Waals surface area contributed by atoms with Crippen molar-refractivity contribution < 1.29 is 18.9 Å². The zero-order valence-electron chi connectivity index (χ0n) is 8.84. The quantitative estimate of drug-likeness (QED) is 0.358. The molecule has 0 amide bonds. The zero-order chi connectivity index (χ0) is 8.31. The van der Waals surface area contributed by atoms with Crippen LogP contribution in [0.1, 0.15) is 0 Å². The molecule has 0 spiro atoms. The van der Waals surface area contributed by atoms with Crippen LogP contribution in [0.2, 0.25) is 0 Å². The molecule has 0 atom stereocenters. The molecule has 11 heavy (non-hydrogen) atoms. The second-order valence-corrected chi connectivity index (χ2v) is 10.7. The van der Waals surface area contributed by atoms with Gasteiger partial charge in [0.1, 0.15) is 0 Å². The van der Waals surface area contributed by atoms with Gasteiger partial charge in [0.25, 0.3) is 0 Å². The Kier molecular flexibility index (Phi) is 10.2. The number of hydrogen-bond acceptors (Lipinski definition) is 0. The van der Waals surface area contributed by atoms with Crippen molar-refractivity contribution in [2.75, 3.05) is 40.0 Å². The Hall–Kier alpha value is 1.89. The SMILES string of the molecule is CP(C)[C-](P(C)C)P(C)C.[Li+]. The summed E-state index contributed by atoms with van der Waals surface area (Å²) in [6, 6.07) is 0. The Morgan fingerprint density at radius 2 is 0.818 bits per heavy atom. The summed E-state index contributed by atoms with van der Waals surface area (Å²) < 4.78 is 0. The van der Waals surface area contributed by atoms with Gasteiger partial charge < -0.3 is 0 Å². The zero-order valence-corrected chi connectivity index (χ0v) is 11.5. The molecule has 0 radical (unpaired) electrons. The average Bonchev–Trinajstić information content (AvgIpc) is 1.59. The third-order valence-electron chi connectivity index (χ3n) is 1.20. The van der Waals surface area contributed by atoms with Crippen molar-refractivity contribution >= 4 is 23.8 Å². The molecule has 62 valence electrons. The van der Waals surface area contributed by atoms with Gasteiger partial charge in [-0.2, -0.15) is 0 Å². The first-order valence-electron chi connectivity index (χ1n) is 3.35. The largest absolute Gasteiger partial charge is 1.00 e. The van der Waals surface area contributed by atoms with Crippen molar-refractivity contribution in [1.29, 1.82) is 0 Å². The minimum Gasteiger partial charge on any atom is -0.263 e. The van der Waals surface area contributed by atoms with E-state index in [9.17, 15) is 0 Å². The van der Waals surface area contributed by atoms with Crippen LogP contribution >= 0.6 is 23.8 Å². The Morgan fingerprint density at radius 3 is 0.818 bits per heavy atom. The molecule has 0 N–H and O–H groups in total. The molecule has 0 saturated heterocycles. The molecule has 0 unspecified atom stereocenters. The van der Waals surface area contributed by atoms with Gasteiger partial charge in [-0.1, -0.05) is 40.0 Å². The second-order valence-electron chi connectivity index (χ2n) is 2.98. The maximum Gasteiger partial charge on any atom is 1.00 e. The summed E-state index contributed by atoms with van der Waals surface area (Å²) in [4.78, 5) is 0. The molecule has 0 aromatic heterocycles. The third kappa shape index (κ3) is 6.03. The summed E-state index contributed by atoms with van der Waals surface area (Å²) in [7, 11) is 0.694. The smallest absolute Gasteiger partial charge is 0.263 e. The van der Waals surface area contributed by atoms with Gasteiger partial charge >= 0.3 is 18.9 Å². The minimum absolute atomic E-state index is 0. The predicted octanol–water partition coefficient (Wildman–Crippen LogP) is 0.662. The molecule has 0 aromatic rings. The molecule has 0 bridgehead atoms. The standard InChI is InChI=1S/C7H18P3.Li/c1-8(2)7(9(3)4)10(5)6;/h1-6H3;/q-1;+1. The summed E-state index contributed by atoms with van der Waals surface area (Å²) >= 11 is 0. The van der Waals surface area contributed by atoms with Crippen molar-refractivity contribution in [3.63, 3.8) is 0 Å². The first kappa shape index (κ1) is 15.4. The van der Waals surface area contributed by atoms with Crippen LogP contribution in [0.15, 0.2) is 0 Å². The fourth-order valence-corrected chi connectivity index (χ4v) is 10.8. The van der Waals surface area contributed by atoms with E-state index in [-0.39, 0.29) is 42.6 Å². The normalized spacial score (nSPS) is 11.5. The van der Waals surface area contributed by atoms with Gasteiger partial charge in [0.2, 0.25) is 0 Å². The maximum atomic E-state index is 2.38. The molecular weight excluding hydrogens is 184 g/mol. The van der Waals surface area contributed by atoms with Gasteiger partial charge in [-0.15, -0.1) is 0 Å². The van der Waals surface area contributed by atoms with E-state index >= 15 is 0 Å². The van der Waals surface area contributed by atoms with Crippen LogP contribution in [0.25, 0.3) is 0 Å². The van der Waals surface area contributed by atoms with E-state index in [2.05, 4.69) is 40.0 Å². The molecular formula is C7H18LiP3. The van der Waals surface area contributed by atoms with Crippen molar-refractivity contribution in [2.45, 2.75) is 0 Å². The molecule has 0 aliphatic rings. The van der Waals surface area contributed by atoms with Crippen LogP contribution in [0, 0.1) is 5.14 Å². The second kappa shape index (κ2) is 7.31. The molecule has 0 fully saturated rings. The van der Waals surface area contributed by atoms with Gasteiger partial charge in [0.15, 0.2) is 0 Å². The summed E-state index contributed by atoms with van der Waals surface area (Å²) in [5.74, 6) is 0. The van der Waals surface area contributed by atoms with Gasteiger partial charge in [-0.05, 0) is 0 Å². The Bertz CT molecular complexity index is 74.7. The van der Waals surface area contributed by atoms with Gasteiger partial charge in [0, 0.05) is 0 Å². The molecule has 4 heteroatoms. The van der Waals surface area contributed by atoms with Crippen LogP contribution < -0.4 is 18.9 Å². The van der Waals surface area contributed by atoms with Crippen molar-refractivity contribution in [1.82, 2.24) is 0 Å². The number of rotatable bonds is 3. The summed E-state index contributed by atoms with van der Waals surface area (Å²) in [6.45, 7) is 14.3. The van der Waals surface area contributed by atoms with E-state index in [1.807, 2.05) is 5.14 Å². The summed E-state index contributed by atoms with van der Waals surface area (Å²) in [5, 5.41) is 1.89. The molecule has 0 saturated carbocycles. The first-order chi connectivity index (χ1) is 4.46. The van der Waals surface area contributed by atoms with E-state index in [1.165, 1.54) is 0 Å². The Morgan fingerprint density at radius 1 is 0.636 bits per heavy atom. The molecule has 0 aliphatic carbocycles. The summed E-state index contributed by atoms with van der Waals surface area (Å²) in [6.07, 6.45) is 0. The van der Waals surface area contributed by atoms with Crippen molar-refractivity contribution in [3.05, 3.63) is 5.14 Å². The van der Waals surface area contributed by atoms with E-state index in [4.69, 9.17) is 0 Å². The van der Waals surface area contributed by atoms with Gasteiger partial charge in [-0.3, -0.25) is 23.8 Å².